The number of nitrogens with zero attached hydrogens (tertiary/aromatic N) is 1. The second kappa shape index (κ2) is 3.04. The highest BCUT2D eigenvalue weighted by molar-refractivity contribution is 6.42. The molecular weight excluding hydrogens is 169 g/mol. The normalized spacial score (nSPS) is 9.40. The van der Waals surface area contributed by atoms with E-state index in [9.17, 15) is 0 Å². The standard InChI is InChI=1S/C7H5Cl2N/c1-10-5-2-3-6(8)7(9)4-5/h2-4H,1H2. The third-order valence-electron chi connectivity index (χ3n) is 1.09. The lowest BCUT2D eigenvalue weighted by molar-refractivity contribution is 1.55. The molecule has 3 heteroatoms. The van der Waals surface area contributed by atoms with Crippen molar-refractivity contribution in [2.24, 2.45) is 4.99 Å². The van der Waals surface area contributed by atoms with Crippen LogP contribution in [0.1, 0.15) is 0 Å². The molecule has 0 N–H and O–H groups in total. The summed E-state index contributed by atoms with van der Waals surface area (Å²) in [5.41, 5.74) is 0.731. The molecule has 0 saturated carbocycles. The Kier molecular flexibility index (Phi) is 2.30. The molecule has 1 nitrogen and oxygen atoms in total. The van der Waals surface area contributed by atoms with Gasteiger partial charge in [0.15, 0.2) is 0 Å². The van der Waals surface area contributed by atoms with Gasteiger partial charge < -0.3 is 0 Å². The van der Waals surface area contributed by atoms with Gasteiger partial charge >= 0.3 is 0 Å². The number of rotatable bonds is 1. The highest BCUT2D eigenvalue weighted by Crippen LogP contribution is 2.25. The number of aliphatic imine (C=N–C) groups is 1. The summed E-state index contributed by atoms with van der Waals surface area (Å²) in [4.78, 5) is 3.68. The lowest BCUT2D eigenvalue weighted by Gasteiger charge is -1.94. The van der Waals surface area contributed by atoms with Crippen LogP contribution in [0.3, 0.4) is 0 Å². The van der Waals surface area contributed by atoms with Gasteiger partial charge in [-0.1, -0.05) is 23.2 Å². The van der Waals surface area contributed by atoms with Crippen LogP contribution >= 0.6 is 23.2 Å². The number of hydrogen-bond donors (Lipinski definition) is 0. The molecule has 0 radical (unpaired) electrons. The molecule has 0 aliphatic rings. The van der Waals surface area contributed by atoms with Crippen molar-refractivity contribution >= 4 is 35.6 Å². The van der Waals surface area contributed by atoms with E-state index < -0.39 is 0 Å². The maximum absolute atomic E-state index is 5.67. The molecular formula is C7H5Cl2N. The third kappa shape index (κ3) is 1.49. The summed E-state index contributed by atoms with van der Waals surface area (Å²) < 4.78 is 0. The smallest absolute Gasteiger partial charge is 0.0638 e. The first-order valence-corrected chi connectivity index (χ1v) is 3.41. The summed E-state index contributed by atoms with van der Waals surface area (Å²) in [7, 11) is 0. The van der Waals surface area contributed by atoms with Crippen LogP contribution in [-0.2, 0) is 0 Å². The van der Waals surface area contributed by atoms with Gasteiger partial charge in [0.1, 0.15) is 0 Å². The van der Waals surface area contributed by atoms with Gasteiger partial charge in [0.2, 0.25) is 0 Å². The van der Waals surface area contributed by atoms with E-state index in [1.165, 1.54) is 0 Å². The largest absolute Gasteiger partial charge is 0.265 e. The van der Waals surface area contributed by atoms with Crippen molar-refractivity contribution in [3.05, 3.63) is 28.2 Å². The molecule has 0 atom stereocenters. The SMILES string of the molecule is C=Nc1ccc(Cl)c(Cl)c1. The molecule has 0 spiro atoms. The van der Waals surface area contributed by atoms with Gasteiger partial charge in [0, 0.05) is 0 Å². The van der Waals surface area contributed by atoms with Crippen LogP contribution in [0.4, 0.5) is 5.69 Å². The summed E-state index contributed by atoms with van der Waals surface area (Å²) in [6, 6.07) is 5.10. The molecule has 0 bridgehead atoms. The topological polar surface area (TPSA) is 12.4 Å². The summed E-state index contributed by atoms with van der Waals surface area (Å²) >= 11 is 11.3. The second-order valence-electron chi connectivity index (χ2n) is 1.76. The zero-order valence-electron chi connectivity index (χ0n) is 5.14. The number of hydrogen-bond acceptors (Lipinski definition) is 1. The van der Waals surface area contributed by atoms with Crippen molar-refractivity contribution in [1.29, 1.82) is 0 Å². The van der Waals surface area contributed by atoms with Crippen LogP contribution in [0.2, 0.25) is 10.0 Å². The van der Waals surface area contributed by atoms with Crippen molar-refractivity contribution in [3.63, 3.8) is 0 Å². The van der Waals surface area contributed by atoms with Crippen molar-refractivity contribution < 1.29 is 0 Å². The predicted molar refractivity (Wildman–Crippen MR) is 45.7 cm³/mol. The third-order valence-corrected chi connectivity index (χ3v) is 1.82. The second-order valence-corrected chi connectivity index (χ2v) is 2.57. The molecule has 0 fully saturated rings. The Labute approximate surface area is 69.3 Å². The van der Waals surface area contributed by atoms with Crippen molar-refractivity contribution in [3.8, 4) is 0 Å². The lowest BCUT2D eigenvalue weighted by Crippen LogP contribution is -1.66. The van der Waals surface area contributed by atoms with Crippen LogP contribution in [-0.4, -0.2) is 6.72 Å². The Morgan fingerprint density at radius 1 is 1.20 bits per heavy atom. The fourth-order valence-electron chi connectivity index (χ4n) is 0.583. The van der Waals surface area contributed by atoms with Gasteiger partial charge in [0.05, 0.1) is 15.7 Å². The van der Waals surface area contributed by atoms with E-state index >= 15 is 0 Å². The molecule has 1 aromatic carbocycles. The fraction of sp³-hybridized carbons (Fsp3) is 0. The monoisotopic (exact) mass is 173 g/mol. The Balaban J connectivity index is 3.16. The minimum atomic E-state index is 0.506. The molecule has 1 aromatic rings. The first-order chi connectivity index (χ1) is 4.74. The zero-order chi connectivity index (χ0) is 7.56. The number of benzene rings is 1. The highest BCUT2D eigenvalue weighted by atomic mass is 35.5. The van der Waals surface area contributed by atoms with Gasteiger partial charge in [-0.25, -0.2) is 0 Å². The predicted octanol–water partition coefficient (Wildman–Crippen LogP) is 3.33. The quantitative estimate of drug-likeness (QED) is 0.579. The summed E-state index contributed by atoms with van der Waals surface area (Å²) in [6.07, 6.45) is 0. The van der Waals surface area contributed by atoms with E-state index in [1.54, 1.807) is 18.2 Å². The molecule has 0 amide bonds. The lowest BCUT2D eigenvalue weighted by atomic mass is 10.3. The summed E-state index contributed by atoms with van der Waals surface area (Å²) in [5, 5.41) is 1.04. The molecule has 0 aliphatic heterocycles. The molecule has 52 valence electrons. The molecule has 10 heavy (non-hydrogen) atoms. The molecule has 0 aromatic heterocycles. The number of halogens is 2. The molecule has 1 rings (SSSR count). The van der Waals surface area contributed by atoms with Crippen LogP contribution < -0.4 is 0 Å². The van der Waals surface area contributed by atoms with Gasteiger partial charge in [-0.2, -0.15) is 0 Å². The molecule has 0 saturated heterocycles. The van der Waals surface area contributed by atoms with E-state index in [-0.39, 0.29) is 0 Å². The van der Waals surface area contributed by atoms with Gasteiger partial charge in [-0.3, -0.25) is 4.99 Å². The van der Waals surface area contributed by atoms with Gasteiger partial charge in [-0.15, -0.1) is 0 Å². The maximum Gasteiger partial charge on any atom is 0.0638 e. The van der Waals surface area contributed by atoms with Crippen molar-refractivity contribution in [2.75, 3.05) is 0 Å². The van der Waals surface area contributed by atoms with E-state index in [0.717, 1.165) is 5.69 Å². The maximum atomic E-state index is 5.67. The molecule has 0 unspecified atom stereocenters. The minimum Gasteiger partial charge on any atom is -0.265 e. The van der Waals surface area contributed by atoms with E-state index in [0.29, 0.717) is 10.0 Å². The highest BCUT2D eigenvalue weighted by Gasteiger charge is 1.95. The van der Waals surface area contributed by atoms with Crippen LogP contribution in [0.15, 0.2) is 23.2 Å². The first-order valence-electron chi connectivity index (χ1n) is 2.66. The first kappa shape index (κ1) is 7.58. The zero-order valence-corrected chi connectivity index (χ0v) is 6.65. The average Bonchev–Trinajstić information content (AvgIpc) is 1.95. The Morgan fingerprint density at radius 3 is 2.40 bits per heavy atom. The van der Waals surface area contributed by atoms with Crippen LogP contribution in [0, 0.1) is 0 Å². The van der Waals surface area contributed by atoms with Crippen molar-refractivity contribution in [1.82, 2.24) is 0 Å². The van der Waals surface area contributed by atoms with E-state index in [4.69, 9.17) is 23.2 Å². The molecule has 0 aliphatic carbocycles. The Bertz CT molecular complexity index is 258. The van der Waals surface area contributed by atoms with Crippen molar-refractivity contribution in [2.45, 2.75) is 0 Å². The van der Waals surface area contributed by atoms with Crippen LogP contribution in [0.25, 0.3) is 0 Å². The Hall–Kier alpha value is -0.530. The molecule has 0 heterocycles. The fourth-order valence-corrected chi connectivity index (χ4v) is 0.876. The summed E-state index contributed by atoms with van der Waals surface area (Å²) in [6.45, 7) is 3.35. The van der Waals surface area contributed by atoms with Gasteiger partial charge in [0.25, 0.3) is 0 Å². The average molecular weight is 174 g/mol. The minimum absolute atomic E-state index is 0.506. The van der Waals surface area contributed by atoms with Crippen LogP contribution in [0.5, 0.6) is 0 Å². The van der Waals surface area contributed by atoms with E-state index in [1.807, 2.05) is 0 Å². The summed E-state index contributed by atoms with van der Waals surface area (Å²) in [5.74, 6) is 0. The van der Waals surface area contributed by atoms with E-state index in [2.05, 4.69) is 11.7 Å². The van der Waals surface area contributed by atoms with Gasteiger partial charge in [-0.05, 0) is 24.9 Å². The Morgan fingerprint density at radius 2 is 1.90 bits per heavy atom.